The molecule has 1 atom stereocenters. The van der Waals surface area contributed by atoms with Gasteiger partial charge < -0.3 is 18.9 Å². The highest BCUT2D eigenvalue weighted by Crippen LogP contribution is 2.31. The van der Waals surface area contributed by atoms with Gasteiger partial charge in [0, 0.05) is 30.6 Å². The van der Waals surface area contributed by atoms with Crippen LogP contribution in [0, 0.1) is 0 Å². The number of methoxy groups -OCH3 is 1. The average molecular weight is 393 g/mol. The van der Waals surface area contributed by atoms with Crippen molar-refractivity contribution in [2.75, 3.05) is 20.3 Å². The Balaban J connectivity index is 1.46. The lowest BCUT2D eigenvalue weighted by molar-refractivity contribution is -0.128. The maximum absolute atomic E-state index is 12.6. The van der Waals surface area contributed by atoms with Gasteiger partial charge in [-0.3, -0.25) is 4.79 Å². The number of aromatic nitrogens is 2. The number of ether oxygens (including phenoxy) is 2. The van der Waals surface area contributed by atoms with E-state index in [1.165, 1.54) is 0 Å². The second-order valence-electron chi connectivity index (χ2n) is 6.90. The molecule has 0 N–H and O–H groups in total. The third-order valence-corrected chi connectivity index (χ3v) is 4.99. The van der Waals surface area contributed by atoms with Gasteiger partial charge in [-0.25, -0.2) is 0 Å². The van der Waals surface area contributed by atoms with Gasteiger partial charge in [-0.15, -0.1) is 0 Å². The average Bonchev–Trinajstić information content (AvgIpc) is 3.37. The summed E-state index contributed by atoms with van der Waals surface area (Å²) in [4.78, 5) is 18.9. The van der Waals surface area contributed by atoms with Crippen LogP contribution < -0.4 is 9.47 Å². The highest BCUT2D eigenvalue weighted by molar-refractivity contribution is 5.79. The SMILES string of the molecule is CCOc1ccccc1CN1CC(c2nc(-c3ccc(OC)cc3)no2)CC1=O. The number of carbonyl (C=O) groups excluding carboxylic acids is 1. The lowest BCUT2D eigenvalue weighted by atomic mass is 10.1. The molecule has 1 saturated heterocycles. The fraction of sp³-hybridized carbons (Fsp3) is 0.318. The molecule has 1 aromatic heterocycles. The molecule has 1 unspecified atom stereocenters. The van der Waals surface area contributed by atoms with Crippen LogP contribution in [0.15, 0.2) is 53.1 Å². The number of hydrogen-bond acceptors (Lipinski definition) is 6. The van der Waals surface area contributed by atoms with Crippen molar-refractivity contribution < 1.29 is 18.8 Å². The molecule has 0 bridgehead atoms. The Morgan fingerprint density at radius 1 is 1.17 bits per heavy atom. The van der Waals surface area contributed by atoms with Crippen LogP contribution in [0.4, 0.5) is 0 Å². The molecule has 0 radical (unpaired) electrons. The van der Waals surface area contributed by atoms with Gasteiger partial charge in [-0.05, 0) is 37.3 Å². The molecule has 7 nitrogen and oxygen atoms in total. The van der Waals surface area contributed by atoms with Crippen LogP contribution >= 0.6 is 0 Å². The first-order valence-electron chi connectivity index (χ1n) is 9.64. The fourth-order valence-electron chi connectivity index (χ4n) is 3.49. The summed E-state index contributed by atoms with van der Waals surface area (Å²) in [5.41, 5.74) is 1.83. The number of para-hydroxylation sites is 1. The summed E-state index contributed by atoms with van der Waals surface area (Å²) >= 11 is 0. The first kappa shape index (κ1) is 19.0. The molecule has 3 aromatic rings. The Morgan fingerprint density at radius 2 is 1.97 bits per heavy atom. The largest absolute Gasteiger partial charge is 0.497 e. The minimum atomic E-state index is -0.110. The van der Waals surface area contributed by atoms with Crippen LogP contribution in [0.5, 0.6) is 11.5 Å². The summed E-state index contributed by atoms with van der Waals surface area (Å²) in [6, 6.07) is 15.3. The van der Waals surface area contributed by atoms with E-state index < -0.39 is 0 Å². The fourth-order valence-corrected chi connectivity index (χ4v) is 3.49. The third-order valence-electron chi connectivity index (χ3n) is 4.99. The van der Waals surface area contributed by atoms with Gasteiger partial charge in [0.05, 0.1) is 19.6 Å². The molecule has 0 saturated carbocycles. The number of likely N-dealkylation sites (tertiary alicyclic amines) is 1. The number of carbonyl (C=O) groups is 1. The number of rotatable bonds is 7. The first-order chi connectivity index (χ1) is 14.2. The van der Waals surface area contributed by atoms with Gasteiger partial charge in [-0.1, -0.05) is 23.4 Å². The van der Waals surface area contributed by atoms with Crippen molar-refractivity contribution in [1.82, 2.24) is 15.0 Å². The summed E-state index contributed by atoms with van der Waals surface area (Å²) < 4.78 is 16.3. The number of hydrogen-bond donors (Lipinski definition) is 0. The molecular weight excluding hydrogens is 370 g/mol. The van der Waals surface area contributed by atoms with E-state index in [0.29, 0.717) is 37.8 Å². The second kappa shape index (κ2) is 8.34. The number of benzene rings is 2. The zero-order valence-corrected chi connectivity index (χ0v) is 16.5. The van der Waals surface area contributed by atoms with Crippen molar-refractivity contribution >= 4 is 5.91 Å². The second-order valence-corrected chi connectivity index (χ2v) is 6.90. The minimum absolute atomic E-state index is 0.0745. The maximum atomic E-state index is 12.6. The van der Waals surface area contributed by atoms with E-state index in [-0.39, 0.29) is 11.8 Å². The van der Waals surface area contributed by atoms with Crippen molar-refractivity contribution in [3.8, 4) is 22.9 Å². The molecule has 0 aliphatic carbocycles. The zero-order chi connectivity index (χ0) is 20.2. The van der Waals surface area contributed by atoms with E-state index in [1.807, 2.05) is 60.4 Å². The monoisotopic (exact) mass is 393 g/mol. The van der Waals surface area contributed by atoms with Crippen molar-refractivity contribution in [2.45, 2.75) is 25.8 Å². The molecule has 29 heavy (non-hydrogen) atoms. The van der Waals surface area contributed by atoms with Crippen LogP contribution in [0.3, 0.4) is 0 Å². The van der Waals surface area contributed by atoms with E-state index in [0.717, 1.165) is 22.6 Å². The molecule has 0 spiro atoms. The smallest absolute Gasteiger partial charge is 0.232 e. The Bertz CT molecular complexity index is 984. The van der Waals surface area contributed by atoms with E-state index >= 15 is 0 Å². The standard InChI is InChI=1S/C22H23N3O4/c1-3-28-19-7-5-4-6-16(19)13-25-14-17(12-20(25)26)22-23-21(24-29-22)15-8-10-18(27-2)11-9-15/h4-11,17H,3,12-14H2,1-2H3. The highest BCUT2D eigenvalue weighted by atomic mass is 16.5. The van der Waals surface area contributed by atoms with Crippen molar-refractivity contribution in [3.05, 3.63) is 60.0 Å². The third kappa shape index (κ3) is 4.08. The summed E-state index contributed by atoms with van der Waals surface area (Å²) in [6.07, 6.45) is 0.362. The molecular formula is C22H23N3O4. The van der Waals surface area contributed by atoms with Gasteiger partial charge in [0.1, 0.15) is 11.5 Å². The van der Waals surface area contributed by atoms with E-state index in [4.69, 9.17) is 14.0 Å². The Morgan fingerprint density at radius 3 is 2.72 bits per heavy atom. The van der Waals surface area contributed by atoms with Crippen molar-refractivity contribution in [1.29, 1.82) is 0 Å². The summed E-state index contributed by atoms with van der Waals surface area (Å²) in [6.45, 7) is 3.59. The molecule has 4 rings (SSSR count). The molecule has 1 fully saturated rings. The summed E-state index contributed by atoms with van der Waals surface area (Å²) in [5.74, 6) is 2.54. The maximum Gasteiger partial charge on any atom is 0.232 e. The Hall–Kier alpha value is -3.35. The van der Waals surface area contributed by atoms with Gasteiger partial charge in [0.2, 0.25) is 17.6 Å². The van der Waals surface area contributed by atoms with Crippen molar-refractivity contribution in [3.63, 3.8) is 0 Å². The molecule has 7 heteroatoms. The molecule has 1 amide bonds. The number of nitrogens with zero attached hydrogens (tertiary/aromatic N) is 3. The van der Waals surface area contributed by atoms with Crippen LogP contribution in [0.25, 0.3) is 11.4 Å². The lowest BCUT2D eigenvalue weighted by Gasteiger charge is -2.18. The van der Waals surface area contributed by atoms with E-state index in [1.54, 1.807) is 7.11 Å². The predicted molar refractivity (Wildman–Crippen MR) is 107 cm³/mol. The topological polar surface area (TPSA) is 77.7 Å². The zero-order valence-electron chi connectivity index (χ0n) is 16.5. The van der Waals surface area contributed by atoms with E-state index in [2.05, 4.69) is 10.1 Å². The molecule has 1 aliphatic heterocycles. The lowest BCUT2D eigenvalue weighted by Crippen LogP contribution is -2.24. The molecule has 150 valence electrons. The van der Waals surface area contributed by atoms with Crippen LogP contribution in [-0.4, -0.2) is 41.2 Å². The number of amides is 1. The molecule has 1 aliphatic rings. The molecule has 2 aromatic carbocycles. The van der Waals surface area contributed by atoms with Gasteiger partial charge in [-0.2, -0.15) is 4.98 Å². The quantitative estimate of drug-likeness (QED) is 0.610. The van der Waals surface area contributed by atoms with E-state index in [9.17, 15) is 4.79 Å². The normalized spacial score (nSPS) is 16.3. The Kier molecular flexibility index (Phi) is 5.46. The van der Waals surface area contributed by atoms with Gasteiger partial charge in [0.25, 0.3) is 0 Å². The predicted octanol–water partition coefficient (Wildman–Crippen LogP) is 3.66. The molecule has 2 heterocycles. The van der Waals surface area contributed by atoms with Crippen LogP contribution in [0.1, 0.15) is 30.7 Å². The van der Waals surface area contributed by atoms with Gasteiger partial charge in [0.15, 0.2) is 0 Å². The van der Waals surface area contributed by atoms with Crippen LogP contribution in [0.2, 0.25) is 0 Å². The van der Waals surface area contributed by atoms with Crippen LogP contribution in [-0.2, 0) is 11.3 Å². The Labute approximate surface area is 169 Å². The first-order valence-corrected chi connectivity index (χ1v) is 9.64. The highest BCUT2D eigenvalue weighted by Gasteiger charge is 2.34. The van der Waals surface area contributed by atoms with Crippen molar-refractivity contribution in [2.24, 2.45) is 0 Å². The summed E-state index contributed by atoms with van der Waals surface area (Å²) in [7, 11) is 1.62. The van der Waals surface area contributed by atoms with Gasteiger partial charge >= 0.3 is 0 Å². The minimum Gasteiger partial charge on any atom is -0.497 e. The summed E-state index contributed by atoms with van der Waals surface area (Å²) in [5, 5.41) is 4.08.